The zero-order valence-electron chi connectivity index (χ0n) is 17.5. The molecule has 10 nitrogen and oxygen atoms in total. The Morgan fingerprint density at radius 2 is 1.00 bits per heavy atom. The number of pyridine rings is 2. The molecule has 0 spiro atoms. The van der Waals surface area contributed by atoms with Crippen molar-refractivity contribution in [2.75, 3.05) is 5.84 Å². The number of nitrogens with two attached hydrogens (primary N) is 1. The third kappa shape index (κ3) is 5.07. The van der Waals surface area contributed by atoms with Gasteiger partial charge in [-0.2, -0.15) is 21.0 Å². The van der Waals surface area contributed by atoms with E-state index in [-0.39, 0.29) is 11.1 Å². The van der Waals surface area contributed by atoms with E-state index >= 15 is 0 Å². The van der Waals surface area contributed by atoms with Gasteiger partial charge in [-0.3, -0.25) is 9.97 Å². The van der Waals surface area contributed by atoms with E-state index in [4.69, 9.17) is 26.9 Å². The van der Waals surface area contributed by atoms with Crippen molar-refractivity contribution >= 4 is 11.1 Å². The fourth-order valence-electron chi connectivity index (χ4n) is 2.74. The predicted molar refractivity (Wildman–Crippen MR) is 122 cm³/mol. The highest BCUT2D eigenvalue weighted by Crippen LogP contribution is 2.18. The zero-order chi connectivity index (χ0) is 24.3. The van der Waals surface area contributed by atoms with Crippen molar-refractivity contribution in [3.8, 4) is 47.3 Å². The normalized spacial score (nSPS) is 9.18. The van der Waals surface area contributed by atoms with E-state index in [0.717, 1.165) is 0 Å². The van der Waals surface area contributed by atoms with Crippen LogP contribution in [-0.4, -0.2) is 24.8 Å². The summed E-state index contributed by atoms with van der Waals surface area (Å²) >= 11 is 0. The second kappa shape index (κ2) is 11.0. The molecular weight excluding hydrogens is 428 g/mol. The first-order valence-electron chi connectivity index (χ1n) is 9.61. The van der Waals surface area contributed by atoms with Gasteiger partial charge in [0.25, 0.3) is 0 Å². The van der Waals surface area contributed by atoms with E-state index in [0.29, 0.717) is 33.5 Å². The van der Waals surface area contributed by atoms with E-state index in [1.54, 1.807) is 36.7 Å². The molecule has 0 fully saturated rings. The summed E-state index contributed by atoms with van der Waals surface area (Å²) in [4.78, 5) is 8.39. The molecule has 3 heterocycles. The number of nitrogens with zero attached hydrogens (tertiary/aromatic N) is 9. The van der Waals surface area contributed by atoms with Gasteiger partial charge < -0.3 is 5.84 Å². The number of nitriles is 4. The molecule has 10 heteroatoms. The molecule has 3 aromatic heterocycles. The van der Waals surface area contributed by atoms with E-state index in [2.05, 4.69) is 20.2 Å². The Hall–Kier alpha value is -5.84. The van der Waals surface area contributed by atoms with Crippen molar-refractivity contribution in [1.29, 1.82) is 21.0 Å². The maximum atomic E-state index is 8.63. The molecule has 0 saturated heterocycles. The lowest BCUT2D eigenvalue weighted by Crippen LogP contribution is -2.12. The summed E-state index contributed by atoms with van der Waals surface area (Å²) in [6, 6.07) is 24.3. The first kappa shape index (κ1) is 22.8. The van der Waals surface area contributed by atoms with Crippen LogP contribution in [0.1, 0.15) is 0 Å². The molecule has 0 aliphatic rings. The summed E-state index contributed by atoms with van der Waals surface area (Å²) in [5.41, 5.74) is 1.35. The Kier molecular flexibility index (Phi) is 7.37. The fraction of sp³-hybridized carbons (Fsp3) is 0. The Morgan fingerprint density at radius 3 is 1.29 bits per heavy atom. The van der Waals surface area contributed by atoms with Gasteiger partial charge in [-0.25, -0.2) is 4.68 Å². The number of benzene rings is 1. The molecule has 0 unspecified atom stereocenters. The lowest BCUT2D eigenvalue weighted by Gasteiger charge is -2.02. The third-order valence-corrected chi connectivity index (χ3v) is 4.39. The van der Waals surface area contributed by atoms with E-state index in [9.17, 15) is 0 Å². The highest BCUT2D eigenvalue weighted by molar-refractivity contribution is 5.74. The summed E-state index contributed by atoms with van der Waals surface area (Å²) in [5, 5.41) is 43.6. The predicted octanol–water partition coefficient (Wildman–Crippen LogP) is 1.20. The monoisotopic (exact) mass is 442 g/mol. The topological polar surface area (TPSA) is 178 Å². The molecule has 1 aromatic carbocycles. The minimum absolute atomic E-state index is 0.00187. The molecule has 0 saturated carbocycles. The number of rotatable bonds is 2. The first-order chi connectivity index (χ1) is 16.6. The van der Waals surface area contributed by atoms with Crippen molar-refractivity contribution in [1.82, 2.24) is 24.8 Å². The number of hydrogen-bond acceptors (Lipinski definition) is 9. The Balaban J connectivity index is 0.000000192. The van der Waals surface area contributed by atoms with Crippen molar-refractivity contribution in [2.24, 2.45) is 0 Å². The first-order valence-corrected chi connectivity index (χ1v) is 9.61. The quantitative estimate of drug-likeness (QED) is 0.446. The van der Waals surface area contributed by atoms with Crippen molar-refractivity contribution in [2.45, 2.75) is 0 Å². The van der Waals surface area contributed by atoms with Crippen LogP contribution in [0, 0.1) is 45.3 Å². The summed E-state index contributed by atoms with van der Waals surface area (Å²) in [6.07, 6.45) is 3.37. The number of hydrogen-bond donors (Lipinski definition) is 1. The number of aromatic nitrogens is 5. The average Bonchev–Trinajstić information content (AvgIpc) is 3.29. The minimum Gasteiger partial charge on any atom is -0.336 e. The van der Waals surface area contributed by atoms with Gasteiger partial charge in [0.1, 0.15) is 46.8 Å². The summed E-state index contributed by atoms with van der Waals surface area (Å²) in [7, 11) is 0. The standard InChI is InChI=1S/C12H10N6.C12H4N4/c13-18-11(9-5-1-3-7-14-9)16-17-12(18)10-6-2-4-8-15-10;13-5-11(6-14)9-1-2-10(4-3-9)12(7-15)8-16/h1-8H,13H2;1-4H. The van der Waals surface area contributed by atoms with Gasteiger partial charge in [0.2, 0.25) is 11.6 Å². The maximum Gasteiger partial charge on any atom is 0.201 e. The van der Waals surface area contributed by atoms with Gasteiger partial charge in [0, 0.05) is 22.8 Å². The highest BCUT2D eigenvalue weighted by Gasteiger charge is 2.14. The maximum absolute atomic E-state index is 8.63. The third-order valence-electron chi connectivity index (χ3n) is 4.39. The smallest absolute Gasteiger partial charge is 0.201 e. The van der Waals surface area contributed by atoms with Gasteiger partial charge in [0.15, 0.2) is 0 Å². The lowest BCUT2D eigenvalue weighted by atomic mass is 10.1. The van der Waals surface area contributed by atoms with E-state index in [1.807, 2.05) is 36.4 Å². The lowest BCUT2D eigenvalue weighted by molar-refractivity contribution is 0.996. The van der Waals surface area contributed by atoms with Crippen LogP contribution in [0.15, 0.2) is 73.1 Å². The van der Waals surface area contributed by atoms with Crippen LogP contribution < -0.4 is 16.3 Å². The Bertz CT molecular complexity index is 1420. The van der Waals surface area contributed by atoms with Gasteiger partial charge in [-0.15, -0.1) is 10.2 Å². The van der Waals surface area contributed by atoms with Gasteiger partial charge in [-0.05, 0) is 24.3 Å². The van der Waals surface area contributed by atoms with Crippen molar-refractivity contribution in [3.63, 3.8) is 0 Å². The van der Waals surface area contributed by atoms with Crippen LogP contribution in [0.5, 0.6) is 0 Å². The van der Waals surface area contributed by atoms with Crippen molar-refractivity contribution < 1.29 is 0 Å². The van der Waals surface area contributed by atoms with Crippen LogP contribution >= 0.6 is 0 Å². The zero-order valence-corrected chi connectivity index (χ0v) is 17.5. The van der Waals surface area contributed by atoms with Gasteiger partial charge >= 0.3 is 0 Å². The molecule has 0 bridgehead atoms. The second-order valence-electron chi connectivity index (χ2n) is 6.42. The average molecular weight is 442 g/mol. The Labute approximate surface area is 194 Å². The molecule has 4 rings (SSSR count). The SMILES string of the molecule is N#CC(C#N)=c1ccc(=C(C#N)C#N)cc1.Nn1c(-c2ccccn2)nnc1-c1ccccn1. The summed E-state index contributed by atoms with van der Waals surface area (Å²) in [6.45, 7) is 0. The molecule has 0 radical (unpaired) electrons. The number of nitrogen functional groups attached to an aromatic ring is 1. The molecule has 160 valence electrons. The molecule has 0 amide bonds. The van der Waals surface area contributed by atoms with Crippen LogP contribution in [0.4, 0.5) is 0 Å². The Morgan fingerprint density at radius 1 is 0.618 bits per heavy atom. The van der Waals surface area contributed by atoms with Crippen LogP contribution in [-0.2, 0) is 0 Å². The van der Waals surface area contributed by atoms with Crippen molar-refractivity contribution in [3.05, 3.63) is 83.5 Å². The minimum atomic E-state index is 0.00187. The molecule has 0 atom stereocenters. The summed E-state index contributed by atoms with van der Waals surface area (Å²) < 4.78 is 1.39. The highest BCUT2D eigenvalue weighted by atomic mass is 15.4. The largest absolute Gasteiger partial charge is 0.336 e. The van der Waals surface area contributed by atoms with E-state index in [1.165, 1.54) is 28.9 Å². The molecule has 34 heavy (non-hydrogen) atoms. The van der Waals surface area contributed by atoms with Crippen LogP contribution in [0.25, 0.3) is 34.2 Å². The summed E-state index contributed by atoms with van der Waals surface area (Å²) in [5.74, 6) is 7.00. The second-order valence-corrected chi connectivity index (χ2v) is 6.42. The molecule has 2 N–H and O–H groups in total. The van der Waals surface area contributed by atoms with Crippen LogP contribution in [0.3, 0.4) is 0 Å². The molecule has 0 aliphatic carbocycles. The molecular formula is C24H14N10. The molecule has 4 aromatic rings. The molecule has 0 aliphatic heterocycles. The van der Waals surface area contributed by atoms with Gasteiger partial charge in [0.05, 0.1) is 0 Å². The fourth-order valence-corrected chi connectivity index (χ4v) is 2.74. The van der Waals surface area contributed by atoms with E-state index < -0.39 is 0 Å². The van der Waals surface area contributed by atoms with Crippen LogP contribution in [0.2, 0.25) is 0 Å². The van der Waals surface area contributed by atoms with Gasteiger partial charge in [-0.1, -0.05) is 36.4 Å².